The number of para-hydroxylation sites is 2. The minimum absolute atomic E-state index is 0.997. The molecule has 0 N–H and O–H groups in total. The second kappa shape index (κ2) is 3.48. The lowest BCUT2D eigenvalue weighted by molar-refractivity contribution is 0.898. The lowest BCUT2D eigenvalue weighted by Gasteiger charge is -1.97. The number of hydrogen-bond acceptors (Lipinski definition) is 1. The Balaban J connectivity index is 2.57. The van der Waals surface area contributed by atoms with Crippen LogP contribution in [-0.2, 0) is 7.05 Å². The van der Waals surface area contributed by atoms with E-state index in [0.717, 1.165) is 11.3 Å². The van der Waals surface area contributed by atoms with Crippen molar-refractivity contribution in [1.82, 2.24) is 14.0 Å². The zero-order chi connectivity index (χ0) is 12.0. The van der Waals surface area contributed by atoms with Crippen LogP contribution in [0.4, 0.5) is 0 Å². The Morgan fingerprint density at radius 3 is 2.76 bits per heavy atom. The molecule has 3 nitrogen and oxygen atoms in total. The van der Waals surface area contributed by atoms with E-state index in [1.165, 1.54) is 16.9 Å². The third-order valence-electron chi connectivity index (χ3n) is 3.28. The van der Waals surface area contributed by atoms with Gasteiger partial charge in [-0.2, -0.15) is 0 Å². The number of benzene rings is 1. The predicted molar refractivity (Wildman–Crippen MR) is 71.1 cm³/mol. The Labute approximate surface area is 100 Å². The largest absolute Gasteiger partial charge is 0.317 e. The molecule has 1 aromatic carbocycles. The second-order valence-electron chi connectivity index (χ2n) is 4.27. The number of imidazole rings is 2. The van der Waals surface area contributed by atoms with Crippen LogP contribution in [-0.4, -0.2) is 14.0 Å². The van der Waals surface area contributed by atoms with Crippen molar-refractivity contribution in [3.05, 3.63) is 41.7 Å². The minimum atomic E-state index is 0.997. The predicted octanol–water partition coefficient (Wildman–Crippen LogP) is 3.17. The Bertz CT molecular complexity index is 729. The second-order valence-corrected chi connectivity index (χ2v) is 4.27. The average molecular weight is 225 g/mol. The molecule has 0 amide bonds. The molecule has 0 radical (unpaired) electrons. The van der Waals surface area contributed by atoms with Gasteiger partial charge < -0.3 is 4.57 Å². The van der Waals surface area contributed by atoms with Crippen molar-refractivity contribution in [1.29, 1.82) is 0 Å². The molecule has 0 saturated carbocycles. The summed E-state index contributed by atoms with van der Waals surface area (Å²) in [6, 6.07) is 8.24. The zero-order valence-electron chi connectivity index (χ0n) is 10.3. The molecule has 3 aromatic rings. The lowest BCUT2D eigenvalue weighted by atomic mass is 10.3. The molecular weight excluding hydrogens is 210 g/mol. The van der Waals surface area contributed by atoms with Crippen molar-refractivity contribution >= 4 is 22.9 Å². The molecule has 2 heterocycles. The van der Waals surface area contributed by atoms with Crippen LogP contribution in [0, 0.1) is 6.92 Å². The summed E-state index contributed by atoms with van der Waals surface area (Å²) in [5.41, 5.74) is 4.65. The maximum absolute atomic E-state index is 4.67. The first kappa shape index (κ1) is 10.1. The first-order chi connectivity index (χ1) is 8.24. The van der Waals surface area contributed by atoms with Crippen molar-refractivity contribution in [3.63, 3.8) is 0 Å². The Morgan fingerprint density at radius 1 is 1.24 bits per heavy atom. The summed E-state index contributed by atoms with van der Waals surface area (Å²) in [7, 11) is 2.06. The summed E-state index contributed by atoms with van der Waals surface area (Å²) in [4.78, 5) is 4.67. The first-order valence-electron chi connectivity index (χ1n) is 5.79. The maximum Gasteiger partial charge on any atom is 0.215 e. The van der Waals surface area contributed by atoms with Gasteiger partial charge in [-0.05, 0) is 32.1 Å². The van der Waals surface area contributed by atoms with E-state index in [0.29, 0.717) is 0 Å². The molecule has 17 heavy (non-hydrogen) atoms. The summed E-state index contributed by atoms with van der Waals surface area (Å²) < 4.78 is 4.35. The van der Waals surface area contributed by atoms with Crippen LogP contribution in [0.1, 0.15) is 18.3 Å². The zero-order valence-corrected chi connectivity index (χ0v) is 10.3. The number of aromatic nitrogens is 3. The summed E-state index contributed by atoms with van der Waals surface area (Å²) >= 11 is 0. The molecule has 0 bridgehead atoms. The van der Waals surface area contributed by atoms with E-state index >= 15 is 0 Å². The van der Waals surface area contributed by atoms with Crippen molar-refractivity contribution in [3.8, 4) is 0 Å². The Morgan fingerprint density at radius 2 is 2.00 bits per heavy atom. The van der Waals surface area contributed by atoms with Gasteiger partial charge >= 0.3 is 0 Å². The standard InChI is InChI=1S/C14H15N3/c1-4-7-12-10(2)16(3)14-15-11-8-5-6-9-13(11)17(12)14/h4-9H,1-3H3/b7-4-. The number of nitrogens with zero attached hydrogens (tertiary/aromatic N) is 3. The van der Waals surface area contributed by atoms with Gasteiger partial charge in [0.1, 0.15) is 0 Å². The molecular formula is C14H15N3. The molecule has 0 aliphatic carbocycles. The van der Waals surface area contributed by atoms with E-state index in [2.05, 4.69) is 58.3 Å². The molecule has 0 atom stereocenters. The third kappa shape index (κ3) is 1.25. The molecule has 3 heteroatoms. The Hall–Kier alpha value is -2.03. The highest BCUT2D eigenvalue weighted by Crippen LogP contribution is 2.23. The van der Waals surface area contributed by atoms with E-state index < -0.39 is 0 Å². The molecule has 0 aliphatic rings. The summed E-state index contributed by atoms with van der Waals surface area (Å²) in [5.74, 6) is 0.997. The summed E-state index contributed by atoms with van der Waals surface area (Å²) in [5, 5.41) is 0. The number of rotatable bonds is 1. The van der Waals surface area contributed by atoms with Gasteiger partial charge in [0, 0.05) is 12.7 Å². The molecule has 86 valence electrons. The first-order valence-corrected chi connectivity index (χ1v) is 5.79. The fraction of sp³-hybridized carbons (Fsp3) is 0.214. The van der Waals surface area contributed by atoms with Crippen molar-refractivity contribution < 1.29 is 0 Å². The van der Waals surface area contributed by atoms with Crippen LogP contribution in [0.5, 0.6) is 0 Å². The normalized spacial score (nSPS) is 12.2. The van der Waals surface area contributed by atoms with Crippen molar-refractivity contribution in [2.45, 2.75) is 13.8 Å². The molecule has 0 unspecified atom stereocenters. The molecule has 2 aromatic heterocycles. The van der Waals surface area contributed by atoms with Gasteiger partial charge in [0.05, 0.1) is 16.7 Å². The van der Waals surface area contributed by atoms with Gasteiger partial charge in [0.15, 0.2) is 0 Å². The van der Waals surface area contributed by atoms with Gasteiger partial charge in [0.25, 0.3) is 0 Å². The quantitative estimate of drug-likeness (QED) is 0.623. The SMILES string of the molecule is C/C=C\c1c(C)n(C)c2nc3ccccc3n12. The Kier molecular flexibility index (Phi) is 2.08. The third-order valence-corrected chi connectivity index (χ3v) is 3.28. The molecule has 3 rings (SSSR count). The van der Waals surface area contributed by atoms with E-state index in [1.54, 1.807) is 0 Å². The molecule has 0 saturated heterocycles. The topological polar surface area (TPSA) is 22.2 Å². The molecule has 0 spiro atoms. The number of fused-ring (bicyclic) bond motifs is 3. The van der Waals surface area contributed by atoms with Gasteiger partial charge in [-0.25, -0.2) is 4.98 Å². The highest BCUT2D eigenvalue weighted by Gasteiger charge is 2.14. The van der Waals surface area contributed by atoms with E-state index in [4.69, 9.17) is 0 Å². The number of allylic oxidation sites excluding steroid dienone is 1. The fourth-order valence-electron chi connectivity index (χ4n) is 2.31. The van der Waals surface area contributed by atoms with Gasteiger partial charge in [-0.15, -0.1) is 0 Å². The van der Waals surface area contributed by atoms with Crippen LogP contribution in [0.2, 0.25) is 0 Å². The van der Waals surface area contributed by atoms with Crippen LogP contribution < -0.4 is 0 Å². The van der Waals surface area contributed by atoms with Crippen molar-refractivity contribution in [2.24, 2.45) is 7.05 Å². The average Bonchev–Trinajstić information content (AvgIpc) is 2.82. The van der Waals surface area contributed by atoms with Crippen molar-refractivity contribution in [2.75, 3.05) is 0 Å². The highest BCUT2D eigenvalue weighted by molar-refractivity contribution is 5.81. The smallest absolute Gasteiger partial charge is 0.215 e. The number of hydrogen-bond donors (Lipinski definition) is 0. The highest BCUT2D eigenvalue weighted by atomic mass is 15.2. The summed E-state index contributed by atoms with van der Waals surface area (Å²) in [6.45, 7) is 4.16. The van der Waals surface area contributed by atoms with E-state index in [1.807, 2.05) is 13.0 Å². The molecule has 0 fully saturated rings. The monoisotopic (exact) mass is 225 g/mol. The van der Waals surface area contributed by atoms with Gasteiger partial charge in [-0.3, -0.25) is 4.40 Å². The van der Waals surface area contributed by atoms with Crippen LogP contribution >= 0.6 is 0 Å². The maximum atomic E-state index is 4.67. The van der Waals surface area contributed by atoms with Gasteiger partial charge in [0.2, 0.25) is 5.78 Å². The van der Waals surface area contributed by atoms with Crippen LogP contribution in [0.25, 0.3) is 22.9 Å². The number of aryl methyl sites for hydroxylation is 1. The van der Waals surface area contributed by atoms with E-state index in [-0.39, 0.29) is 0 Å². The molecule has 0 aliphatic heterocycles. The lowest BCUT2D eigenvalue weighted by Crippen LogP contribution is -1.91. The fourth-order valence-corrected chi connectivity index (χ4v) is 2.31. The van der Waals surface area contributed by atoms with Crippen LogP contribution in [0.3, 0.4) is 0 Å². The van der Waals surface area contributed by atoms with E-state index in [9.17, 15) is 0 Å². The van der Waals surface area contributed by atoms with Gasteiger partial charge in [-0.1, -0.05) is 18.2 Å². The summed E-state index contributed by atoms with van der Waals surface area (Å²) in [6.07, 6.45) is 4.20. The minimum Gasteiger partial charge on any atom is -0.317 e. The van der Waals surface area contributed by atoms with Crippen LogP contribution in [0.15, 0.2) is 30.3 Å².